The molecule has 1 unspecified atom stereocenters. The third-order valence-electron chi connectivity index (χ3n) is 5.70. The molecule has 0 heterocycles. The first kappa shape index (κ1) is 29.0. The van der Waals surface area contributed by atoms with Gasteiger partial charge in [0, 0.05) is 32.1 Å². The van der Waals surface area contributed by atoms with Crippen molar-refractivity contribution in [1.82, 2.24) is 10.2 Å². The van der Waals surface area contributed by atoms with E-state index in [-0.39, 0.29) is 37.7 Å². The molecule has 0 aliphatic carbocycles. The van der Waals surface area contributed by atoms with Crippen LogP contribution in [0.4, 0.5) is 5.69 Å². The predicted molar refractivity (Wildman–Crippen MR) is 141 cm³/mol. The molecule has 198 valence electrons. The second kappa shape index (κ2) is 13.7. The number of carbonyl (C=O) groups is 2. The number of benzene rings is 2. The van der Waals surface area contributed by atoms with Crippen LogP contribution in [0.25, 0.3) is 0 Å². The fraction of sp³-hybridized carbons (Fsp3) is 0.462. The summed E-state index contributed by atoms with van der Waals surface area (Å²) in [5.41, 5.74) is 1.29. The number of carbonyl (C=O) groups excluding carboxylic acids is 2. The van der Waals surface area contributed by atoms with Crippen LogP contribution < -0.4 is 19.1 Å². The van der Waals surface area contributed by atoms with Crippen LogP contribution in [0.2, 0.25) is 0 Å². The lowest BCUT2D eigenvalue weighted by Gasteiger charge is -2.29. The minimum absolute atomic E-state index is 0.0748. The molecule has 0 radical (unpaired) electrons. The number of hydrogen-bond donors (Lipinski definition) is 1. The first-order chi connectivity index (χ1) is 17.1. The first-order valence-corrected chi connectivity index (χ1v) is 13.8. The molecule has 9 nitrogen and oxygen atoms in total. The van der Waals surface area contributed by atoms with Crippen LogP contribution in [0.1, 0.15) is 38.7 Å². The van der Waals surface area contributed by atoms with Gasteiger partial charge >= 0.3 is 0 Å². The lowest BCUT2D eigenvalue weighted by Crippen LogP contribution is -2.47. The van der Waals surface area contributed by atoms with E-state index in [1.807, 2.05) is 31.2 Å². The fourth-order valence-corrected chi connectivity index (χ4v) is 4.67. The average molecular weight is 520 g/mol. The van der Waals surface area contributed by atoms with Gasteiger partial charge in [-0.1, -0.05) is 25.1 Å². The van der Waals surface area contributed by atoms with Crippen LogP contribution in [0.3, 0.4) is 0 Å². The Labute approximate surface area is 214 Å². The molecule has 0 aliphatic heterocycles. The molecule has 2 aromatic rings. The van der Waals surface area contributed by atoms with Crippen LogP contribution in [-0.4, -0.2) is 64.7 Å². The van der Waals surface area contributed by atoms with Gasteiger partial charge in [-0.3, -0.25) is 13.9 Å². The molecule has 0 fully saturated rings. The van der Waals surface area contributed by atoms with Crippen molar-refractivity contribution in [1.29, 1.82) is 0 Å². The van der Waals surface area contributed by atoms with Gasteiger partial charge in [0.05, 0.1) is 26.2 Å². The SMILES string of the molecule is CCCNC(=O)C(C)N(Cc1cccc(OC)c1)C(=O)CCCN(c1cccc(OC)c1)S(C)(=O)=O. The summed E-state index contributed by atoms with van der Waals surface area (Å²) in [5.74, 6) is 0.719. The van der Waals surface area contributed by atoms with Crippen LogP contribution in [0, 0.1) is 0 Å². The van der Waals surface area contributed by atoms with Gasteiger partial charge in [0.15, 0.2) is 0 Å². The number of ether oxygens (including phenoxy) is 2. The molecule has 2 aromatic carbocycles. The second-order valence-corrected chi connectivity index (χ2v) is 10.4. The summed E-state index contributed by atoms with van der Waals surface area (Å²) >= 11 is 0. The van der Waals surface area contributed by atoms with E-state index in [0.29, 0.717) is 23.7 Å². The maximum absolute atomic E-state index is 13.3. The molecule has 1 N–H and O–H groups in total. The molecular weight excluding hydrogens is 482 g/mol. The molecular formula is C26H37N3O6S. The molecule has 0 aromatic heterocycles. The van der Waals surface area contributed by atoms with Gasteiger partial charge in [-0.25, -0.2) is 8.42 Å². The lowest BCUT2D eigenvalue weighted by atomic mass is 10.1. The standard InChI is InChI=1S/C26H37N3O6S/c1-6-15-27-26(31)20(2)28(19-21-10-7-12-23(17-21)34-3)25(30)14-9-16-29(36(5,32)33)22-11-8-13-24(18-22)35-4/h7-8,10-13,17-18,20H,6,9,14-16,19H2,1-5H3,(H,27,31). The smallest absolute Gasteiger partial charge is 0.242 e. The van der Waals surface area contributed by atoms with Crippen LogP contribution >= 0.6 is 0 Å². The van der Waals surface area contributed by atoms with Crippen molar-refractivity contribution in [2.45, 2.75) is 45.7 Å². The normalized spacial score (nSPS) is 11.9. The molecule has 0 spiro atoms. The zero-order chi connectivity index (χ0) is 26.7. The number of nitrogens with one attached hydrogen (secondary N) is 1. The van der Waals surface area contributed by atoms with Crippen molar-refractivity contribution < 1.29 is 27.5 Å². The molecule has 10 heteroatoms. The summed E-state index contributed by atoms with van der Waals surface area (Å²) in [4.78, 5) is 27.5. The Morgan fingerprint density at radius 3 is 2.28 bits per heavy atom. The number of anilines is 1. The second-order valence-electron chi connectivity index (χ2n) is 8.48. The predicted octanol–water partition coefficient (Wildman–Crippen LogP) is 3.19. The molecule has 0 saturated heterocycles. The molecule has 0 aliphatic rings. The molecule has 36 heavy (non-hydrogen) atoms. The molecule has 0 saturated carbocycles. The summed E-state index contributed by atoms with van der Waals surface area (Å²) in [6, 6.07) is 13.4. The minimum Gasteiger partial charge on any atom is -0.497 e. The van der Waals surface area contributed by atoms with Gasteiger partial charge in [0.25, 0.3) is 0 Å². The molecule has 2 amide bonds. The average Bonchev–Trinajstić information content (AvgIpc) is 2.87. The Morgan fingerprint density at radius 2 is 1.67 bits per heavy atom. The van der Waals surface area contributed by atoms with Crippen molar-refractivity contribution in [2.24, 2.45) is 0 Å². The molecule has 1 atom stereocenters. The monoisotopic (exact) mass is 519 g/mol. The lowest BCUT2D eigenvalue weighted by molar-refractivity contribution is -0.140. The van der Waals surface area contributed by atoms with Crippen molar-refractivity contribution in [2.75, 3.05) is 37.9 Å². The fourth-order valence-electron chi connectivity index (χ4n) is 3.72. The highest BCUT2D eigenvalue weighted by Crippen LogP contribution is 2.24. The van der Waals surface area contributed by atoms with Gasteiger partial charge in [-0.05, 0) is 49.6 Å². The Hall–Kier alpha value is -3.27. The van der Waals surface area contributed by atoms with E-state index in [2.05, 4.69) is 5.32 Å². The Kier molecular flexibility index (Phi) is 11.0. The summed E-state index contributed by atoms with van der Waals surface area (Å²) < 4.78 is 36.7. The Bertz CT molecular complexity index is 1120. The largest absolute Gasteiger partial charge is 0.497 e. The van der Waals surface area contributed by atoms with Gasteiger partial charge in [-0.15, -0.1) is 0 Å². The Balaban J connectivity index is 2.18. The first-order valence-electron chi connectivity index (χ1n) is 11.9. The van der Waals surface area contributed by atoms with Crippen molar-refractivity contribution in [3.8, 4) is 11.5 Å². The Morgan fingerprint density at radius 1 is 1.03 bits per heavy atom. The molecule has 2 rings (SSSR count). The van der Waals surface area contributed by atoms with Crippen LogP contribution in [-0.2, 0) is 26.2 Å². The number of amides is 2. The van der Waals surface area contributed by atoms with Crippen LogP contribution in [0.5, 0.6) is 11.5 Å². The van der Waals surface area contributed by atoms with Crippen LogP contribution in [0.15, 0.2) is 48.5 Å². The number of rotatable bonds is 14. The maximum atomic E-state index is 13.3. The summed E-state index contributed by atoms with van der Waals surface area (Å²) in [6.45, 7) is 4.51. The maximum Gasteiger partial charge on any atom is 0.242 e. The van der Waals surface area contributed by atoms with Crippen molar-refractivity contribution in [3.05, 3.63) is 54.1 Å². The quantitative estimate of drug-likeness (QED) is 0.411. The highest BCUT2D eigenvalue weighted by molar-refractivity contribution is 7.92. The number of nitrogens with zero attached hydrogens (tertiary/aromatic N) is 2. The minimum atomic E-state index is -3.58. The van der Waals surface area contributed by atoms with E-state index < -0.39 is 16.1 Å². The van der Waals surface area contributed by atoms with E-state index in [1.54, 1.807) is 38.3 Å². The van der Waals surface area contributed by atoms with Crippen molar-refractivity contribution >= 4 is 27.5 Å². The van der Waals surface area contributed by atoms with Gasteiger partial charge in [0.1, 0.15) is 17.5 Å². The third-order valence-corrected chi connectivity index (χ3v) is 6.89. The van der Waals surface area contributed by atoms with E-state index in [4.69, 9.17) is 9.47 Å². The third kappa shape index (κ3) is 8.44. The van der Waals surface area contributed by atoms with E-state index in [0.717, 1.165) is 18.2 Å². The van der Waals surface area contributed by atoms with Gasteiger partial charge in [0.2, 0.25) is 21.8 Å². The summed E-state index contributed by atoms with van der Waals surface area (Å²) in [6.07, 6.45) is 2.27. The number of methoxy groups -OCH3 is 2. The van der Waals surface area contributed by atoms with E-state index >= 15 is 0 Å². The van der Waals surface area contributed by atoms with Gasteiger partial charge in [-0.2, -0.15) is 0 Å². The van der Waals surface area contributed by atoms with Gasteiger partial charge < -0.3 is 19.7 Å². The highest BCUT2D eigenvalue weighted by atomic mass is 32.2. The number of hydrogen-bond acceptors (Lipinski definition) is 6. The zero-order valence-corrected chi connectivity index (χ0v) is 22.5. The van der Waals surface area contributed by atoms with E-state index in [9.17, 15) is 18.0 Å². The number of sulfonamides is 1. The summed E-state index contributed by atoms with van der Waals surface area (Å²) in [5, 5.41) is 2.85. The van der Waals surface area contributed by atoms with Crippen molar-refractivity contribution in [3.63, 3.8) is 0 Å². The van der Waals surface area contributed by atoms with E-state index in [1.165, 1.54) is 16.3 Å². The summed E-state index contributed by atoms with van der Waals surface area (Å²) in [7, 11) is -0.503. The highest BCUT2D eigenvalue weighted by Gasteiger charge is 2.26. The molecule has 0 bridgehead atoms. The topological polar surface area (TPSA) is 105 Å². The zero-order valence-electron chi connectivity index (χ0n) is 21.7.